The molecule has 0 bridgehead atoms. The van der Waals surface area contributed by atoms with Gasteiger partial charge in [0.1, 0.15) is 0 Å². The van der Waals surface area contributed by atoms with Crippen LogP contribution in [0.2, 0.25) is 0 Å². The summed E-state index contributed by atoms with van der Waals surface area (Å²) in [7, 11) is 0. The van der Waals surface area contributed by atoms with E-state index >= 15 is 0 Å². The molecule has 1 N–H and O–H groups in total. The zero-order chi connectivity index (χ0) is 22.0. The Morgan fingerprint density at radius 3 is 2.06 bits per heavy atom. The molecule has 0 radical (unpaired) electrons. The van der Waals surface area contributed by atoms with Gasteiger partial charge in [-0.05, 0) is 34.9 Å². The van der Waals surface area contributed by atoms with Gasteiger partial charge in [0.05, 0.1) is 5.75 Å². The topological polar surface area (TPSA) is 48.5 Å². The molecule has 1 saturated heterocycles. The maximum Gasteiger partial charge on any atom is 0.234 e. The molecule has 0 aliphatic carbocycles. The van der Waals surface area contributed by atoms with Crippen molar-refractivity contribution in [2.45, 2.75) is 18.8 Å². The van der Waals surface area contributed by atoms with Crippen LogP contribution < -0.4 is 5.32 Å². The lowest BCUT2D eigenvalue weighted by atomic mass is 10.1. The lowest BCUT2D eigenvalue weighted by Gasteiger charge is -2.34. The second kappa shape index (κ2) is 11.8. The first-order valence-electron chi connectivity index (χ1n) is 11.1. The molecule has 1 aliphatic heterocycles. The fraction of sp³-hybridized carbons (Fsp3) is 0.308. The van der Waals surface area contributed by atoms with E-state index in [-0.39, 0.29) is 5.91 Å². The monoisotopic (exact) mass is 446 g/mol. The van der Waals surface area contributed by atoms with Gasteiger partial charge < -0.3 is 5.32 Å². The van der Waals surface area contributed by atoms with E-state index in [4.69, 9.17) is 0 Å². The number of carbonyl (C=O) groups excluding carboxylic acids is 1. The number of hydrogen-bond donors (Lipinski definition) is 1. The summed E-state index contributed by atoms with van der Waals surface area (Å²) in [6.07, 6.45) is 3.60. The summed E-state index contributed by atoms with van der Waals surface area (Å²) >= 11 is 1.60. The van der Waals surface area contributed by atoms with E-state index in [1.165, 1.54) is 11.1 Å². The predicted octanol–water partition coefficient (Wildman–Crippen LogP) is 4.27. The van der Waals surface area contributed by atoms with Gasteiger partial charge in [0.2, 0.25) is 5.91 Å². The van der Waals surface area contributed by atoms with Gasteiger partial charge in [-0.3, -0.25) is 19.6 Å². The Kier molecular flexibility index (Phi) is 8.31. The van der Waals surface area contributed by atoms with Gasteiger partial charge in [0.15, 0.2) is 0 Å². The van der Waals surface area contributed by atoms with Crippen molar-refractivity contribution in [1.82, 2.24) is 14.8 Å². The minimum absolute atomic E-state index is 0.0289. The second-order valence-corrected chi connectivity index (χ2v) is 9.12. The number of carbonyl (C=O) groups is 1. The molecule has 5 nitrogen and oxygen atoms in total. The highest BCUT2D eigenvalue weighted by Crippen LogP contribution is 2.16. The van der Waals surface area contributed by atoms with Gasteiger partial charge in [-0.15, -0.1) is 11.8 Å². The summed E-state index contributed by atoms with van der Waals surface area (Å²) in [5.74, 6) is 1.25. The van der Waals surface area contributed by atoms with Crippen molar-refractivity contribution in [2.24, 2.45) is 0 Å². The molecule has 2 heterocycles. The Hall–Kier alpha value is -2.67. The van der Waals surface area contributed by atoms with Crippen LogP contribution in [0.15, 0.2) is 79.1 Å². The van der Waals surface area contributed by atoms with Crippen molar-refractivity contribution in [3.05, 3.63) is 95.8 Å². The number of hydrogen-bond acceptors (Lipinski definition) is 5. The number of benzene rings is 2. The summed E-state index contributed by atoms with van der Waals surface area (Å²) < 4.78 is 0. The zero-order valence-corrected chi connectivity index (χ0v) is 19.1. The summed E-state index contributed by atoms with van der Waals surface area (Å²) in [4.78, 5) is 21.3. The molecule has 3 aromatic rings. The average Bonchev–Trinajstić information content (AvgIpc) is 2.83. The van der Waals surface area contributed by atoms with Crippen molar-refractivity contribution in [1.29, 1.82) is 0 Å². The van der Waals surface area contributed by atoms with Gasteiger partial charge in [0.25, 0.3) is 0 Å². The number of nitrogens with zero attached hydrogens (tertiary/aromatic N) is 3. The third-order valence-corrected chi connectivity index (χ3v) is 6.59. The standard InChI is InChI=1S/C26H30N4OS/c31-26(21-32-20-24-7-4-12-27-17-24)28-25-10-8-23(9-11-25)19-30-15-13-29(14-16-30)18-22-5-2-1-3-6-22/h1-12,17H,13-16,18-21H2,(H,28,31). The lowest BCUT2D eigenvalue weighted by molar-refractivity contribution is -0.113. The molecule has 0 unspecified atom stereocenters. The first-order valence-corrected chi connectivity index (χ1v) is 12.2. The van der Waals surface area contributed by atoms with Crippen molar-refractivity contribution in [3.8, 4) is 0 Å². The number of rotatable bonds is 9. The second-order valence-electron chi connectivity index (χ2n) is 8.14. The summed E-state index contributed by atoms with van der Waals surface area (Å²) in [6.45, 7) is 6.34. The Morgan fingerprint density at radius 2 is 1.44 bits per heavy atom. The number of thioether (sulfide) groups is 1. The van der Waals surface area contributed by atoms with Gasteiger partial charge in [0, 0.05) is 63.1 Å². The Morgan fingerprint density at radius 1 is 0.812 bits per heavy atom. The van der Waals surface area contributed by atoms with E-state index in [2.05, 4.69) is 62.6 Å². The van der Waals surface area contributed by atoms with Gasteiger partial charge in [-0.2, -0.15) is 0 Å². The van der Waals surface area contributed by atoms with Crippen molar-refractivity contribution in [3.63, 3.8) is 0 Å². The fourth-order valence-corrected chi connectivity index (χ4v) is 4.61. The molecule has 0 spiro atoms. The number of anilines is 1. The Labute approximate surface area is 194 Å². The van der Waals surface area contributed by atoms with Crippen LogP contribution in [0.25, 0.3) is 0 Å². The molecular weight excluding hydrogens is 416 g/mol. The van der Waals surface area contributed by atoms with Crippen molar-refractivity contribution < 1.29 is 4.79 Å². The van der Waals surface area contributed by atoms with Crippen LogP contribution >= 0.6 is 11.8 Å². The predicted molar refractivity (Wildman–Crippen MR) is 132 cm³/mol. The smallest absolute Gasteiger partial charge is 0.234 e. The first-order chi connectivity index (χ1) is 15.7. The molecule has 1 aliphatic rings. The third kappa shape index (κ3) is 7.19. The number of aromatic nitrogens is 1. The van der Waals surface area contributed by atoms with Crippen molar-refractivity contribution in [2.75, 3.05) is 37.2 Å². The molecule has 0 atom stereocenters. The minimum Gasteiger partial charge on any atom is -0.325 e. The zero-order valence-electron chi connectivity index (χ0n) is 18.3. The minimum atomic E-state index is 0.0289. The molecule has 1 aromatic heterocycles. The summed E-state index contributed by atoms with van der Waals surface area (Å²) in [5, 5.41) is 2.99. The summed E-state index contributed by atoms with van der Waals surface area (Å²) in [6, 6.07) is 22.9. The van der Waals surface area contributed by atoms with E-state index in [9.17, 15) is 4.79 Å². The fourth-order valence-electron chi connectivity index (χ4n) is 3.84. The number of amides is 1. The van der Waals surface area contributed by atoms with Crippen LogP contribution in [0.4, 0.5) is 5.69 Å². The highest BCUT2D eigenvalue weighted by Gasteiger charge is 2.17. The van der Waals surface area contributed by atoms with Crippen LogP contribution in [0, 0.1) is 0 Å². The van der Waals surface area contributed by atoms with E-state index < -0.39 is 0 Å². The Bertz CT molecular complexity index is 958. The molecular formula is C26H30N4OS. The van der Waals surface area contributed by atoms with Crippen LogP contribution in [-0.2, 0) is 23.6 Å². The normalized spacial score (nSPS) is 14.9. The van der Waals surface area contributed by atoms with E-state index in [0.717, 1.165) is 56.3 Å². The average molecular weight is 447 g/mol. The number of nitrogens with one attached hydrogen (secondary N) is 1. The van der Waals surface area contributed by atoms with Crippen LogP contribution in [-0.4, -0.2) is 52.6 Å². The van der Waals surface area contributed by atoms with Gasteiger partial charge in [-0.25, -0.2) is 0 Å². The van der Waals surface area contributed by atoms with Crippen LogP contribution in [0.3, 0.4) is 0 Å². The maximum absolute atomic E-state index is 12.2. The quantitative estimate of drug-likeness (QED) is 0.532. The van der Waals surface area contributed by atoms with E-state index in [0.29, 0.717) is 5.75 Å². The van der Waals surface area contributed by atoms with Gasteiger partial charge >= 0.3 is 0 Å². The molecule has 2 aromatic carbocycles. The van der Waals surface area contributed by atoms with E-state index in [1.807, 2.05) is 30.5 Å². The number of pyridine rings is 1. The third-order valence-electron chi connectivity index (χ3n) is 5.58. The highest BCUT2D eigenvalue weighted by molar-refractivity contribution is 7.99. The molecule has 0 saturated carbocycles. The summed E-state index contributed by atoms with van der Waals surface area (Å²) in [5.41, 5.74) is 4.66. The van der Waals surface area contributed by atoms with Crippen LogP contribution in [0.1, 0.15) is 16.7 Å². The maximum atomic E-state index is 12.2. The van der Waals surface area contributed by atoms with Gasteiger partial charge in [-0.1, -0.05) is 48.5 Å². The lowest BCUT2D eigenvalue weighted by Crippen LogP contribution is -2.45. The van der Waals surface area contributed by atoms with Crippen LogP contribution in [0.5, 0.6) is 0 Å². The highest BCUT2D eigenvalue weighted by atomic mass is 32.2. The molecule has 1 fully saturated rings. The SMILES string of the molecule is O=C(CSCc1cccnc1)Nc1ccc(CN2CCN(Cc3ccccc3)CC2)cc1. The molecule has 6 heteroatoms. The molecule has 32 heavy (non-hydrogen) atoms. The Balaban J connectivity index is 1.16. The first kappa shape index (κ1) is 22.5. The molecule has 1 amide bonds. The van der Waals surface area contributed by atoms with Crippen molar-refractivity contribution >= 4 is 23.4 Å². The number of piperazine rings is 1. The largest absolute Gasteiger partial charge is 0.325 e. The molecule has 166 valence electrons. The molecule has 4 rings (SSSR count). The van der Waals surface area contributed by atoms with E-state index in [1.54, 1.807) is 18.0 Å².